The Balaban J connectivity index is 1.91. The number of benzene rings is 1. The summed E-state index contributed by atoms with van der Waals surface area (Å²) in [5.41, 5.74) is 3.06. The molecule has 3 rings (SSSR count). The summed E-state index contributed by atoms with van der Waals surface area (Å²) in [5, 5.41) is 11.7. The molecule has 0 amide bonds. The number of hydrogen-bond acceptors (Lipinski definition) is 2. The molecule has 2 atom stereocenters. The van der Waals surface area contributed by atoms with E-state index < -0.39 is 0 Å². The van der Waals surface area contributed by atoms with Gasteiger partial charge in [-0.1, -0.05) is 13.8 Å². The summed E-state index contributed by atoms with van der Waals surface area (Å²) < 4.78 is 5.72. The van der Waals surface area contributed by atoms with Crippen LogP contribution in [-0.2, 0) is 6.54 Å². The number of aromatic hydroxyl groups is 1. The molecule has 4 nitrogen and oxygen atoms in total. The second-order valence-electron chi connectivity index (χ2n) is 7.26. The van der Waals surface area contributed by atoms with E-state index in [4.69, 9.17) is 4.74 Å². The number of piperidine rings is 1. The molecule has 130 valence electrons. The molecule has 1 fully saturated rings. The number of hydrogen-bond donors (Lipinski definition) is 2. The van der Waals surface area contributed by atoms with E-state index >= 15 is 0 Å². The van der Waals surface area contributed by atoms with Gasteiger partial charge in [0.1, 0.15) is 23.6 Å². The van der Waals surface area contributed by atoms with Crippen LogP contribution >= 0.6 is 0 Å². The van der Waals surface area contributed by atoms with Gasteiger partial charge in [-0.05, 0) is 31.4 Å². The summed E-state index contributed by atoms with van der Waals surface area (Å²) in [6, 6.07) is 5.91. The van der Waals surface area contributed by atoms with E-state index in [1.165, 1.54) is 25.9 Å². The highest BCUT2D eigenvalue weighted by molar-refractivity contribution is 5.84. The van der Waals surface area contributed by atoms with Gasteiger partial charge in [-0.2, -0.15) is 0 Å². The highest BCUT2D eigenvalue weighted by Crippen LogP contribution is 2.30. The van der Waals surface area contributed by atoms with Crippen molar-refractivity contribution in [2.45, 2.75) is 46.6 Å². The smallest absolute Gasteiger partial charge is 0.215 e. The second kappa shape index (κ2) is 7.39. The minimum atomic E-state index is 0.411. The predicted octanol–water partition coefficient (Wildman–Crippen LogP) is 2.27. The van der Waals surface area contributed by atoms with Gasteiger partial charge in [0.25, 0.3) is 0 Å². The Labute approximate surface area is 144 Å². The van der Waals surface area contributed by atoms with Gasteiger partial charge in [-0.15, -0.1) is 0 Å². The highest BCUT2D eigenvalue weighted by Gasteiger charge is 2.25. The van der Waals surface area contributed by atoms with Crippen LogP contribution < -0.4 is 14.6 Å². The van der Waals surface area contributed by atoms with E-state index in [1.807, 2.05) is 18.2 Å². The molecule has 3 N–H and O–H groups in total. The first-order valence-electron chi connectivity index (χ1n) is 9.22. The molecule has 24 heavy (non-hydrogen) atoms. The molecule has 0 bridgehead atoms. The fourth-order valence-corrected chi connectivity index (χ4v) is 3.78. The molecule has 1 aromatic heterocycles. The molecule has 1 aliphatic heterocycles. The zero-order valence-electron chi connectivity index (χ0n) is 15.1. The van der Waals surface area contributed by atoms with Gasteiger partial charge in [-0.3, -0.25) is 0 Å². The Morgan fingerprint density at radius 2 is 2.21 bits per heavy atom. The Bertz CT molecular complexity index is 714. The first kappa shape index (κ1) is 17.0. The molecule has 2 aromatic rings. The Kier molecular flexibility index (Phi) is 5.24. The topological polar surface area (TPSA) is 48.0 Å². The lowest BCUT2D eigenvalue weighted by molar-refractivity contribution is -0.922. The van der Waals surface area contributed by atoms with Crippen molar-refractivity contribution in [3.63, 3.8) is 0 Å². The van der Waals surface area contributed by atoms with Gasteiger partial charge in [0, 0.05) is 18.9 Å². The van der Waals surface area contributed by atoms with E-state index in [0.29, 0.717) is 12.4 Å². The van der Waals surface area contributed by atoms with Crippen molar-refractivity contribution in [3.05, 3.63) is 29.5 Å². The number of quaternary nitrogens is 1. The summed E-state index contributed by atoms with van der Waals surface area (Å²) >= 11 is 0. The number of likely N-dealkylation sites (tertiary alicyclic amines) is 1. The number of aryl methyl sites for hydroxylation is 1. The number of aromatic nitrogens is 1. The van der Waals surface area contributed by atoms with Crippen molar-refractivity contribution in [1.82, 2.24) is 0 Å². The number of fused-ring (bicyclic) bond motifs is 1. The van der Waals surface area contributed by atoms with Gasteiger partial charge >= 0.3 is 0 Å². The quantitative estimate of drug-likeness (QED) is 0.883. The lowest BCUT2D eigenvalue weighted by Crippen LogP contribution is -3.12. The van der Waals surface area contributed by atoms with Crippen LogP contribution in [0.5, 0.6) is 11.5 Å². The average molecular weight is 330 g/mol. The van der Waals surface area contributed by atoms with Gasteiger partial charge in [0.05, 0.1) is 25.1 Å². The maximum absolute atomic E-state index is 10.9. The molecule has 1 aromatic carbocycles. The number of rotatable bonds is 5. The van der Waals surface area contributed by atoms with Crippen LogP contribution in [0.4, 0.5) is 0 Å². The molecule has 4 heteroatoms. The number of pyridine rings is 1. The third kappa shape index (κ3) is 3.64. The third-order valence-corrected chi connectivity index (χ3v) is 5.07. The van der Waals surface area contributed by atoms with Gasteiger partial charge < -0.3 is 14.7 Å². The van der Waals surface area contributed by atoms with Crippen molar-refractivity contribution < 1.29 is 19.7 Å². The van der Waals surface area contributed by atoms with Crippen LogP contribution in [0.1, 0.15) is 44.4 Å². The lowest BCUT2D eigenvalue weighted by atomic mass is 9.99. The molecule has 0 radical (unpaired) electrons. The van der Waals surface area contributed by atoms with Crippen molar-refractivity contribution >= 4 is 10.9 Å². The summed E-state index contributed by atoms with van der Waals surface area (Å²) in [6.45, 7) is 10.4. The van der Waals surface area contributed by atoms with Crippen LogP contribution in [-0.4, -0.2) is 24.8 Å². The Hall–Kier alpha value is -1.81. The van der Waals surface area contributed by atoms with Crippen molar-refractivity contribution in [2.75, 3.05) is 19.7 Å². The zero-order valence-corrected chi connectivity index (χ0v) is 15.1. The van der Waals surface area contributed by atoms with Crippen LogP contribution in [0.3, 0.4) is 0 Å². The Morgan fingerprint density at radius 3 is 2.96 bits per heavy atom. The van der Waals surface area contributed by atoms with Crippen molar-refractivity contribution in [1.29, 1.82) is 0 Å². The summed E-state index contributed by atoms with van der Waals surface area (Å²) in [6.07, 6.45) is 3.59. The third-order valence-electron chi connectivity index (χ3n) is 5.07. The molecular formula is C20H30N2O2+2. The molecule has 0 spiro atoms. The minimum Gasteiger partial charge on any atom is -0.506 e. The fourth-order valence-electron chi connectivity index (χ4n) is 3.78. The molecule has 0 aliphatic carbocycles. The largest absolute Gasteiger partial charge is 0.506 e. The average Bonchev–Trinajstić information content (AvgIpc) is 2.57. The maximum Gasteiger partial charge on any atom is 0.215 e. The first-order valence-corrected chi connectivity index (χ1v) is 9.22. The normalized spacial score (nSPS) is 21.1. The highest BCUT2D eigenvalue weighted by atomic mass is 16.5. The van der Waals surface area contributed by atoms with Crippen molar-refractivity contribution in [3.8, 4) is 11.5 Å². The van der Waals surface area contributed by atoms with Crippen LogP contribution in [0.25, 0.3) is 10.9 Å². The summed E-state index contributed by atoms with van der Waals surface area (Å²) in [5.74, 6) is 2.01. The zero-order chi connectivity index (χ0) is 17.1. The molecule has 2 unspecified atom stereocenters. The van der Waals surface area contributed by atoms with E-state index in [1.54, 1.807) is 4.90 Å². The number of aromatic amines is 1. The fraction of sp³-hybridized carbons (Fsp3) is 0.550. The number of H-pyrrole nitrogens is 1. The van der Waals surface area contributed by atoms with Gasteiger partial charge in [0.2, 0.25) is 5.52 Å². The van der Waals surface area contributed by atoms with Crippen LogP contribution in [0, 0.1) is 12.8 Å². The van der Waals surface area contributed by atoms with Crippen LogP contribution in [0.2, 0.25) is 0 Å². The van der Waals surface area contributed by atoms with E-state index in [0.717, 1.165) is 46.8 Å². The second-order valence-corrected chi connectivity index (χ2v) is 7.26. The number of nitrogens with one attached hydrogen (secondary N) is 2. The minimum absolute atomic E-state index is 0.411. The Morgan fingerprint density at radius 1 is 1.38 bits per heavy atom. The lowest BCUT2D eigenvalue weighted by Gasteiger charge is -2.28. The predicted molar refractivity (Wildman–Crippen MR) is 95.5 cm³/mol. The summed E-state index contributed by atoms with van der Waals surface area (Å²) in [4.78, 5) is 5.02. The monoisotopic (exact) mass is 330 g/mol. The molecule has 1 saturated heterocycles. The van der Waals surface area contributed by atoms with E-state index in [9.17, 15) is 5.11 Å². The molecule has 0 saturated carbocycles. The van der Waals surface area contributed by atoms with Gasteiger partial charge in [-0.25, -0.2) is 4.98 Å². The molecule has 1 aliphatic rings. The maximum atomic E-state index is 10.9. The molecule has 2 heterocycles. The number of ether oxygens (including phenoxy) is 1. The van der Waals surface area contributed by atoms with Crippen LogP contribution in [0.15, 0.2) is 18.2 Å². The standard InChI is InChI=1S/C20H28N2O2/c1-4-10-24-16-7-8-19-17(11-16)20(23)18(15(3)21-19)13-22-9-5-6-14(2)12-22/h7-8,11,14H,4-6,9-10,12-13H2,1-3H3,(H,21,23)/p+2. The van der Waals surface area contributed by atoms with E-state index in [2.05, 4.69) is 25.8 Å². The molecular weight excluding hydrogens is 300 g/mol. The van der Waals surface area contributed by atoms with E-state index in [-0.39, 0.29) is 0 Å². The first-order chi connectivity index (χ1) is 11.6. The SMILES string of the molecule is CCCOc1ccc2[nH+]c(C)c(C[NH+]3CCCC(C)C3)c(O)c2c1. The van der Waals surface area contributed by atoms with Gasteiger partial charge in [0.15, 0.2) is 5.69 Å². The van der Waals surface area contributed by atoms with Crippen molar-refractivity contribution in [2.24, 2.45) is 5.92 Å². The summed E-state index contributed by atoms with van der Waals surface area (Å²) in [7, 11) is 0.